The lowest BCUT2D eigenvalue weighted by Crippen LogP contribution is -2.53. The molecule has 3 aromatic rings. The zero-order chi connectivity index (χ0) is 26.7. The Labute approximate surface area is 223 Å². The van der Waals surface area contributed by atoms with Crippen LogP contribution in [0.2, 0.25) is 0 Å². The van der Waals surface area contributed by atoms with Crippen LogP contribution in [0.1, 0.15) is 43.2 Å². The quantitative estimate of drug-likeness (QED) is 0.374. The standard InChI is InChI=1S/C31H35FN2O4/c1-37-28-14-8-9-15-29(28)38-22-30(35)34(21-24-16-18-25(32)19-17-24)27(20-23-10-4-2-5-11-23)31(36)33-26-12-6-3-7-13-26/h2,4-5,8-11,14-19,26-27H,3,6-7,12-13,20-22H2,1H3,(H,33,36)/t27-/m1/s1. The zero-order valence-electron chi connectivity index (χ0n) is 21.8. The smallest absolute Gasteiger partial charge is 0.261 e. The summed E-state index contributed by atoms with van der Waals surface area (Å²) in [5, 5.41) is 3.21. The Morgan fingerprint density at radius 2 is 1.55 bits per heavy atom. The molecule has 0 radical (unpaired) electrons. The molecule has 0 unspecified atom stereocenters. The van der Waals surface area contributed by atoms with E-state index in [1.807, 2.05) is 36.4 Å². The van der Waals surface area contributed by atoms with Crippen LogP contribution in [0.15, 0.2) is 78.9 Å². The van der Waals surface area contributed by atoms with Crippen LogP contribution in [-0.2, 0) is 22.6 Å². The molecule has 0 aromatic heterocycles. The molecule has 1 fully saturated rings. The number of ether oxygens (including phenoxy) is 2. The van der Waals surface area contributed by atoms with Gasteiger partial charge in [-0.1, -0.05) is 73.9 Å². The predicted octanol–water partition coefficient (Wildman–Crippen LogP) is 5.30. The van der Waals surface area contributed by atoms with Crippen molar-refractivity contribution < 1.29 is 23.5 Å². The summed E-state index contributed by atoms with van der Waals surface area (Å²) in [6.07, 6.45) is 5.56. The Bertz CT molecular complexity index is 1180. The number of hydrogen-bond acceptors (Lipinski definition) is 4. The van der Waals surface area contributed by atoms with Gasteiger partial charge in [-0.15, -0.1) is 0 Å². The maximum atomic E-state index is 13.8. The number of methoxy groups -OCH3 is 1. The molecule has 2 amide bonds. The molecule has 7 heteroatoms. The number of nitrogens with zero attached hydrogens (tertiary/aromatic N) is 1. The second kappa shape index (κ2) is 13.6. The fraction of sp³-hybridized carbons (Fsp3) is 0.355. The minimum atomic E-state index is -0.766. The maximum absolute atomic E-state index is 13.8. The van der Waals surface area contributed by atoms with Gasteiger partial charge in [0, 0.05) is 19.0 Å². The summed E-state index contributed by atoms with van der Waals surface area (Å²) in [5.41, 5.74) is 1.67. The fourth-order valence-electron chi connectivity index (χ4n) is 4.85. The third-order valence-corrected chi connectivity index (χ3v) is 6.91. The molecule has 0 heterocycles. The molecule has 1 saturated carbocycles. The highest BCUT2D eigenvalue weighted by Gasteiger charge is 2.32. The molecule has 1 atom stereocenters. The lowest BCUT2D eigenvalue weighted by molar-refractivity contribution is -0.143. The van der Waals surface area contributed by atoms with E-state index in [4.69, 9.17) is 9.47 Å². The Morgan fingerprint density at radius 3 is 2.24 bits per heavy atom. The zero-order valence-corrected chi connectivity index (χ0v) is 21.8. The van der Waals surface area contributed by atoms with Crippen LogP contribution in [-0.4, -0.2) is 42.5 Å². The molecule has 3 aromatic carbocycles. The van der Waals surface area contributed by atoms with Crippen LogP contribution in [0.5, 0.6) is 11.5 Å². The van der Waals surface area contributed by atoms with Crippen molar-refractivity contribution in [3.63, 3.8) is 0 Å². The van der Waals surface area contributed by atoms with Crippen molar-refractivity contribution in [2.45, 2.75) is 57.2 Å². The van der Waals surface area contributed by atoms with Gasteiger partial charge < -0.3 is 19.7 Å². The van der Waals surface area contributed by atoms with E-state index in [0.717, 1.165) is 36.8 Å². The van der Waals surface area contributed by atoms with E-state index in [2.05, 4.69) is 5.32 Å². The molecule has 0 spiro atoms. The number of para-hydroxylation sites is 2. The molecule has 6 nitrogen and oxygen atoms in total. The van der Waals surface area contributed by atoms with E-state index in [1.165, 1.54) is 25.7 Å². The summed E-state index contributed by atoms with van der Waals surface area (Å²) in [5.74, 6) is 0.0630. The van der Waals surface area contributed by atoms with Crippen LogP contribution in [0.25, 0.3) is 0 Å². The van der Waals surface area contributed by atoms with Crippen LogP contribution in [0, 0.1) is 5.82 Å². The monoisotopic (exact) mass is 518 g/mol. The van der Waals surface area contributed by atoms with Crippen molar-refractivity contribution >= 4 is 11.8 Å². The molecule has 1 aliphatic carbocycles. The third kappa shape index (κ3) is 7.57. The highest BCUT2D eigenvalue weighted by molar-refractivity contribution is 5.88. The van der Waals surface area contributed by atoms with Crippen molar-refractivity contribution in [3.05, 3.63) is 95.8 Å². The molecular formula is C31H35FN2O4. The summed E-state index contributed by atoms with van der Waals surface area (Å²) in [6, 6.07) is 22.1. The van der Waals surface area contributed by atoms with Gasteiger partial charge in [-0.05, 0) is 48.2 Å². The highest BCUT2D eigenvalue weighted by atomic mass is 19.1. The number of amides is 2. The fourth-order valence-corrected chi connectivity index (χ4v) is 4.85. The number of rotatable bonds is 11. The van der Waals surface area contributed by atoms with E-state index >= 15 is 0 Å². The SMILES string of the molecule is COc1ccccc1OCC(=O)N(Cc1ccc(F)cc1)[C@H](Cc1ccccc1)C(=O)NC1CCCCC1. The summed E-state index contributed by atoms with van der Waals surface area (Å²) >= 11 is 0. The molecule has 4 rings (SSSR count). The van der Waals surface area contributed by atoms with Crippen LogP contribution >= 0.6 is 0 Å². The first-order valence-corrected chi connectivity index (χ1v) is 13.2. The first-order valence-electron chi connectivity index (χ1n) is 13.2. The highest BCUT2D eigenvalue weighted by Crippen LogP contribution is 2.26. The van der Waals surface area contributed by atoms with Crippen molar-refractivity contribution in [3.8, 4) is 11.5 Å². The molecule has 0 aliphatic heterocycles. The van der Waals surface area contributed by atoms with E-state index < -0.39 is 6.04 Å². The second-order valence-corrected chi connectivity index (χ2v) is 9.64. The third-order valence-electron chi connectivity index (χ3n) is 6.91. The molecule has 0 saturated heterocycles. The number of hydrogen-bond donors (Lipinski definition) is 1. The predicted molar refractivity (Wildman–Crippen MR) is 144 cm³/mol. The van der Waals surface area contributed by atoms with Gasteiger partial charge in [0.05, 0.1) is 7.11 Å². The van der Waals surface area contributed by atoms with Gasteiger partial charge in [-0.3, -0.25) is 9.59 Å². The average Bonchev–Trinajstić information content (AvgIpc) is 2.95. The topological polar surface area (TPSA) is 67.9 Å². The molecule has 1 aliphatic rings. The first-order chi connectivity index (χ1) is 18.5. The minimum Gasteiger partial charge on any atom is -0.493 e. The number of nitrogens with one attached hydrogen (secondary N) is 1. The van der Waals surface area contributed by atoms with Crippen LogP contribution in [0.3, 0.4) is 0 Å². The summed E-state index contributed by atoms with van der Waals surface area (Å²) < 4.78 is 24.8. The van der Waals surface area contributed by atoms with E-state index in [9.17, 15) is 14.0 Å². The van der Waals surface area contributed by atoms with Gasteiger partial charge in [-0.2, -0.15) is 0 Å². The van der Waals surface area contributed by atoms with Crippen molar-refractivity contribution in [2.75, 3.05) is 13.7 Å². The molecule has 38 heavy (non-hydrogen) atoms. The Morgan fingerprint density at radius 1 is 0.895 bits per heavy atom. The summed E-state index contributed by atoms with van der Waals surface area (Å²) in [6.45, 7) is -0.131. The van der Waals surface area contributed by atoms with Crippen molar-refractivity contribution in [1.82, 2.24) is 10.2 Å². The molecular weight excluding hydrogens is 483 g/mol. The van der Waals surface area contributed by atoms with Crippen molar-refractivity contribution in [2.24, 2.45) is 0 Å². The largest absolute Gasteiger partial charge is 0.493 e. The van der Waals surface area contributed by atoms with Gasteiger partial charge in [0.2, 0.25) is 5.91 Å². The van der Waals surface area contributed by atoms with Gasteiger partial charge >= 0.3 is 0 Å². The number of benzene rings is 3. The van der Waals surface area contributed by atoms with Gasteiger partial charge in [0.1, 0.15) is 11.9 Å². The Balaban J connectivity index is 1.61. The second-order valence-electron chi connectivity index (χ2n) is 9.64. The van der Waals surface area contributed by atoms with Gasteiger partial charge in [0.15, 0.2) is 18.1 Å². The Kier molecular flexibility index (Phi) is 9.73. The van der Waals surface area contributed by atoms with Crippen LogP contribution < -0.4 is 14.8 Å². The number of carbonyl (C=O) groups is 2. The van der Waals surface area contributed by atoms with E-state index in [0.29, 0.717) is 17.9 Å². The number of carbonyl (C=O) groups excluding carboxylic acids is 2. The average molecular weight is 519 g/mol. The van der Waals surface area contributed by atoms with Crippen LogP contribution in [0.4, 0.5) is 4.39 Å². The lowest BCUT2D eigenvalue weighted by Gasteiger charge is -2.33. The maximum Gasteiger partial charge on any atom is 0.261 e. The lowest BCUT2D eigenvalue weighted by atomic mass is 9.94. The van der Waals surface area contributed by atoms with Gasteiger partial charge in [-0.25, -0.2) is 4.39 Å². The normalized spacial score (nSPS) is 14.4. The molecule has 0 bridgehead atoms. The van der Waals surface area contributed by atoms with Gasteiger partial charge in [0.25, 0.3) is 5.91 Å². The number of halogens is 1. The van der Waals surface area contributed by atoms with E-state index in [-0.39, 0.29) is 36.8 Å². The van der Waals surface area contributed by atoms with Crippen molar-refractivity contribution in [1.29, 1.82) is 0 Å². The first kappa shape index (κ1) is 27.2. The summed E-state index contributed by atoms with van der Waals surface area (Å²) in [4.78, 5) is 29.0. The summed E-state index contributed by atoms with van der Waals surface area (Å²) in [7, 11) is 1.54. The van der Waals surface area contributed by atoms with E-state index in [1.54, 1.807) is 35.2 Å². The molecule has 1 N–H and O–H groups in total. The molecule has 200 valence electrons. The minimum absolute atomic E-state index is 0.0992. The Hall–Kier alpha value is -3.87.